The molecule has 0 aliphatic heterocycles. The molecule has 0 fully saturated rings. The smallest absolute Gasteiger partial charge is 0.0444 e. The van der Waals surface area contributed by atoms with Gasteiger partial charge in [0, 0.05) is 16.3 Å². The van der Waals surface area contributed by atoms with Gasteiger partial charge in [0.05, 0.1) is 0 Å². The fraction of sp³-hybridized carbons (Fsp3) is 0.143. The normalized spacial score (nSPS) is 12.4. The van der Waals surface area contributed by atoms with E-state index in [-0.39, 0.29) is 0 Å². The summed E-state index contributed by atoms with van der Waals surface area (Å²) in [5.41, 5.74) is 2.46. The highest BCUT2D eigenvalue weighted by atomic mass is 79.9. The standard InChI is InChI=1S/C14H12BrCl/c15-10-13(11-6-2-1-3-7-11)12-8-4-5-9-14(12)16/h1-9,13H,10H2/t13-/m1/s1. The van der Waals surface area contributed by atoms with Crippen molar-refractivity contribution in [1.29, 1.82) is 0 Å². The number of alkyl halides is 1. The molecule has 0 aromatic heterocycles. The zero-order valence-electron chi connectivity index (χ0n) is 8.74. The van der Waals surface area contributed by atoms with Crippen LogP contribution in [0.15, 0.2) is 54.6 Å². The third kappa shape index (κ3) is 2.47. The monoisotopic (exact) mass is 294 g/mol. The maximum Gasteiger partial charge on any atom is 0.0444 e. The number of rotatable bonds is 3. The summed E-state index contributed by atoms with van der Waals surface area (Å²) in [6.07, 6.45) is 0. The molecule has 0 aliphatic carbocycles. The maximum atomic E-state index is 6.23. The fourth-order valence-corrected chi connectivity index (χ4v) is 2.78. The van der Waals surface area contributed by atoms with E-state index in [2.05, 4.69) is 46.3 Å². The van der Waals surface area contributed by atoms with Gasteiger partial charge in [-0.1, -0.05) is 76.1 Å². The summed E-state index contributed by atoms with van der Waals surface area (Å²) in [5.74, 6) is 0.315. The van der Waals surface area contributed by atoms with Gasteiger partial charge in [0.25, 0.3) is 0 Å². The summed E-state index contributed by atoms with van der Waals surface area (Å²) < 4.78 is 0. The zero-order chi connectivity index (χ0) is 11.4. The van der Waals surface area contributed by atoms with Crippen molar-refractivity contribution in [3.05, 3.63) is 70.7 Å². The summed E-state index contributed by atoms with van der Waals surface area (Å²) >= 11 is 9.79. The van der Waals surface area contributed by atoms with Gasteiger partial charge in [-0.05, 0) is 17.2 Å². The summed E-state index contributed by atoms with van der Waals surface area (Å²) in [5, 5.41) is 1.71. The molecule has 0 N–H and O–H groups in total. The molecule has 0 amide bonds. The van der Waals surface area contributed by atoms with Crippen LogP contribution >= 0.6 is 27.5 Å². The Bertz CT molecular complexity index is 453. The molecule has 0 bridgehead atoms. The molecule has 0 unspecified atom stereocenters. The quantitative estimate of drug-likeness (QED) is 0.709. The Labute approximate surface area is 109 Å². The van der Waals surface area contributed by atoms with Gasteiger partial charge in [0.2, 0.25) is 0 Å². The molecule has 0 saturated heterocycles. The SMILES string of the molecule is Clc1ccccc1[C@H](CBr)c1ccccc1. The second-order valence-corrected chi connectivity index (χ2v) is 4.69. The number of hydrogen-bond donors (Lipinski definition) is 0. The predicted octanol–water partition coefficient (Wildman–Crippen LogP) is 4.87. The van der Waals surface area contributed by atoms with Gasteiger partial charge in [-0.3, -0.25) is 0 Å². The molecule has 0 aliphatic rings. The van der Waals surface area contributed by atoms with Crippen LogP contribution in [0.4, 0.5) is 0 Å². The largest absolute Gasteiger partial charge is 0.0918 e. The van der Waals surface area contributed by atoms with E-state index in [0.717, 1.165) is 10.4 Å². The summed E-state index contributed by atoms with van der Waals surface area (Å²) in [6.45, 7) is 0. The van der Waals surface area contributed by atoms with Crippen molar-refractivity contribution >= 4 is 27.5 Å². The second kappa shape index (κ2) is 5.51. The Morgan fingerprint density at radius 3 is 2.19 bits per heavy atom. The average molecular weight is 296 g/mol. The minimum absolute atomic E-state index is 0.315. The molecule has 82 valence electrons. The molecular weight excluding hydrogens is 284 g/mol. The van der Waals surface area contributed by atoms with Gasteiger partial charge < -0.3 is 0 Å². The Kier molecular flexibility index (Phi) is 4.03. The minimum atomic E-state index is 0.315. The molecular formula is C14H12BrCl. The highest BCUT2D eigenvalue weighted by Crippen LogP contribution is 2.31. The van der Waals surface area contributed by atoms with Crippen LogP contribution in [-0.2, 0) is 0 Å². The number of hydrogen-bond acceptors (Lipinski definition) is 0. The third-order valence-electron chi connectivity index (χ3n) is 2.64. The van der Waals surface area contributed by atoms with E-state index in [1.165, 1.54) is 11.1 Å². The Morgan fingerprint density at radius 1 is 0.938 bits per heavy atom. The molecule has 0 heterocycles. The van der Waals surface area contributed by atoms with Crippen LogP contribution in [0.25, 0.3) is 0 Å². The molecule has 2 rings (SSSR count). The van der Waals surface area contributed by atoms with Crippen LogP contribution < -0.4 is 0 Å². The Balaban J connectivity index is 2.41. The molecule has 0 spiro atoms. The van der Waals surface area contributed by atoms with Crippen molar-refractivity contribution in [1.82, 2.24) is 0 Å². The summed E-state index contributed by atoms with van der Waals surface area (Å²) in [4.78, 5) is 0. The Hall–Kier alpha value is -0.790. The molecule has 16 heavy (non-hydrogen) atoms. The van der Waals surface area contributed by atoms with Gasteiger partial charge in [-0.2, -0.15) is 0 Å². The van der Waals surface area contributed by atoms with Crippen molar-refractivity contribution in [3.8, 4) is 0 Å². The Morgan fingerprint density at radius 2 is 1.56 bits per heavy atom. The van der Waals surface area contributed by atoms with Gasteiger partial charge in [-0.15, -0.1) is 0 Å². The van der Waals surface area contributed by atoms with Crippen LogP contribution in [0.5, 0.6) is 0 Å². The molecule has 2 aromatic carbocycles. The van der Waals surface area contributed by atoms with E-state index in [0.29, 0.717) is 5.92 Å². The van der Waals surface area contributed by atoms with E-state index >= 15 is 0 Å². The topological polar surface area (TPSA) is 0 Å². The number of benzene rings is 2. The summed E-state index contributed by atoms with van der Waals surface area (Å²) in [6, 6.07) is 18.4. The fourth-order valence-electron chi connectivity index (χ4n) is 1.79. The van der Waals surface area contributed by atoms with Crippen LogP contribution in [0.3, 0.4) is 0 Å². The van der Waals surface area contributed by atoms with E-state index in [1.807, 2.05) is 24.3 Å². The van der Waals surface area contributed by atoms with E-state index in [9.17, 15) is 0 Å². The van der Waals surface area contributed by atoms with Crippen molar-refractivity contribution in [2.24, 2.45) is 0 Å². The van der Waals surface area contributed by atoms with Crippen LogP contribution in [0.2, 0.25) is 5.02 Å². The lowest BCUT2D eigenvalue weighted by atomic mass is 9.93. The third-order valence-corrected chi connectivity index (χ3v) is 3.63. The van der Waals surface area contributed by atoms with E-state index in [4.69, 9.17) is 11.6 Å². The lowest BCUT2D eigenvalue weighted by molar-refractivity contribution is 0.945. The molecule has 2 heteroatoms. The second-order valence-electron chi connectivity index (χ2n) is 3.64. The van der Waals surface area contributed by atoms with Gasteiger partial charge in [0.15, 0.2) is 0 Å². The first-order valence-electron chi connectivity index (χ1n) is 5.18. The lowest BCUT2D eigenvalue weighted by Crippen LogP contribution is -2.02. The first kappa shape index (κ1) is 11.7. The van der Waals surface area contributed by atoms with E-state index in [1.54, 1.807) is 0 Å². The van der Waals surface area contributed by atoms with Crippen molar-refractivity contribution < 1.29 is 0 Å². The number of halogens is 2. The first-order chi connectivity index (χ1) is 7.83. The highest BCUT2D eigenvalue weighted by Gasteiger charge is 2.14. The first-order valence-corrected chi connectivity index (χ1v) is 6.68. The molecule has 0 radical (unpaired) electrons. The van der Waals surface area contributed by atoms with Crippen LogP contribution in [-0.4, -0.2) is 5.33 Å². The summed E-state index contributed by atoms with van der Waals surface area (Å²) in [7, 11) is 0. The zero-order valence-corrected chi connectivity index (χ0v) is 11.1. The van der Waals surface area contributed by atoms with E-state index < -0.39 is 0 Å². The van der Waals surface area contributed by atoms with Crippen LogP contribution in [0, 0.1) is 0 Å². The average Bonchev–Trinajstić information content (AvgIpc) is 2.34. The molecule has 0 nitrogen and oxygen atoms in total. The molecule has 0 saturated carbocycles. The molecule has 2 aromatic rings. The van der Waals surface area contributed by atoms with Gasteiger partial charge >= 0.3 is 0 Å². The lowest BCUT2D eigenvalue weighted by Gasteiger charge is -2.16. The minimum Gasteiger partial charge on any atom is -0.0918 e. The van der Waals surface area contributed by atoms with Crippen molar-refractivity contribution in [2.75, 3.05) is 5.33 Å². The molecule has 1 atom stereocenters. The van der Waals surface area contributed by atoms with Gasteiger partial charge in [-0.25, -0.2) is 0 Å². The van der Waals surface area contributed by atoms with Crippen LogP contribution in [0.1, 0.15) is 17.0 Å². The van der Waals surface area contributed by atoms with Crippen molar-refractivity contribution in [3.63, 3.8) is 0 Å². The maximum absolute atomic E-state index is 6.23. The highest BCUT2D eigenvalue weighted by molar-refractivity contribution is 9.09. The predicted molar refractivity (Wildman–Crippen MR) is 73.5 cm³/mol. The van der Waals surface area contributed by atoms with Crippen molar-refractivity contribution in [2.45, 2.75) is 5.92 Å². The van der Waals surface area contributed by atoms with Gasteiger partial charge in [0.1, 0.15) is 0 Å².